The topological polar surface area (TPSA) is 87.0 Å². The standard InChI is InChI=1S/C19H27ClN4O4/c1-3-21(4-2)18(25)6-5-7-19(26)23-12-10-22(11-13-23)16-9-8-15(20)14-17(16)24(27)28/h8-9,14H,3-7,10-13H2,1-2H3. The van der Waals surface area contributed by atoms with Crippen molar-refractivity contribution in [1.29, 1.82) is 0 Å². The van der Waals surface area contributed by atoms with Crippen LogP contribution < -0.4 is 4.90 Å². The van der Waals surface area contributed by atoms with E-state index < -0.39 is 4.92 Å². The largest absolute Gasteiger partial charge is 0.362 e. The van der Waals surface area contributed by atoms with Gasteiger partial charge in [0.1, 0.15) is 5.69 Å². The van der Waals surface area contributed by atoms with Gasteiger partial charge in [-0.1, -0.05) is 11.6 Å². The number of carbonyl (C=O) groups is 2. The van der Waals surface area contributed by atoms with Crippen LogP contribution in [0.2, 0.25) is 5.02 Å². The molecule has 0 spiro atoms. The average Bonchev–Trinajstić information content (AvgIpc) is 2.69. The molecule has 1 fully saturated rings. The van der Waals surface area contributed by atoms with E-state index in [4.69, 9.17) is 11.6 Å². The first-order valence-corrected chi connectivity index (χ1v) is 9.99. The van der Waals surface area contributed by atoms with E-state index in [1.165, 1.54) is 6.07 Å². The number of benzene rings is 1. The maximum Gasteiger partial charge on any atom is 0.294 e. The third-order valence-electron chi connectivity index (χ3n) is 5.00. The van der Waals surface area contributed by atoms with E-state index in [-0.39, 0.29) is 17.5 Å². The molecule has 9 heteroatoms. The Kier molecular flexibility index (Phi) is 8.04. The van der Waals surface area contributed by atoms with Gasteiger partial charge in [0.05, 0.1) is 4.92 Å². The van der Waals surface area contributed by atoms with Crippen molar-refractivity contribution in [3.8, 4) is 0 Å². The number of halogens is 1. The van der Waals surface area contributed by atoms with Crippen LogP contribution in [0.1, 0.15) is 33.1 Å². The fourth-order valence-corrected chi connectivity index (χ4v) is 3.56. The Balaban J connectivity index is 1.84. The summed E-state index contributed by atoms with van der Waals surface area (Å²) in [5.41, 5.74) is 0.494. The second-order valence-corrected chi connectivity index (χ2v) is 7.11. The van der Waals surface area contributed by atoms with E-state index in [9.17, 15) is 19.7 Å². The molecule has 0 aromatic heterocycles. The van der Waals surface area contributed by atoms with E-state index in [0.29, 0.717) is 69.2 Å². The molecule has 0 N–H and O–H groups in total. The number of nitrogens with zero attached hydrogens (tertiary/aromatic N) is 4. The van der Waals surface area contributed by atoms with Gasteiger partial charge in [-0.3, -0.25) is 19.7 Å². The molecular formula is C19H27ClN4O4. The molecule has 8 nitrogen and oxygen atoms in total. The molecule has 0 atom stereocenters. The fraction of sp³-hybridized carbons (Fsp3) is 0.579. The molecule has 1 aromatic carbocycles. The minimum Gasteiger partial charge on any atom is -0.362 e. The molecule has 0 unspecified atom stereocenters. The minimum atomic E-state index is -0.439. The number of hydrogen-bond donors (Lipinski definition) is 0. The van der Waals surface area contributed by atoms with Gasteiger partial charge in [0, 0.05) is 63.2 Å². The highest BCUT2D eigenvalue weighted by Crippen LogP contribution is 2.31. The smallest absolute Gasteiger partial charge is 0.294 e. The SMILES string of the molecule is CCN(CC)C(=O)CCCC(=O)N1CCN(c2ccc(Cl)cc2[N+](=O)[O-])CC1. The van der Waals surface area contributed by atoms with Crippen LogP contribution in [0.15, 0.2) is 18.2 Å². The molecule has 0 bridgehead atoms. The van der Waals surface area contributed by atoms with Gasteiger partial charge in [-0.15, -0.1) is 0 Å². The maximum absolute atomic E-state index is 12.4. The molecule has 2 rings (SSSR count). The first kappa shape index (κ1) is 21.9. The number of nitro groups is 1. The van der Waals surface area contributed by atoms with Gasteiger partial charge in [-0.05, 0) is 32.4 Å². The minimum absolute atomic E-state index is 0.0256. The van der Waals surface area contributed by atoms with Crippen LogP contribution in [0.5, 0.6) is 0 Å². The summed E-state index contributed by atoms with van der Waals surface area (Å²) in [6.45, 7) is 7.29. The number of amides is 2. The van der Waals surface area contributed by atoms with Gasteiger partial charge in [0.25, 0.3) is 5.69 Å². The number of carbonyl (C=O) groups excluding carboxylic acids is 2. The zero-order valence-corrected chi connectivity index (χ0v) is 17.2. The van der Waals surface area contributed by atoms with Crippen molar-refractivity contribution in [2.24, 2.45) is 0 Å². The Hall–Kier alpha value is -2.35. The Morgan fingerprint density at radius 1 is 1.14 bits per heavy atom. The first-order valence-electron chi connectivity index (χ1n) is 9.61. The van der Waals surface area contributed by atoms with E-state index in [1.807, 2.05) is 18.7 Å². The van der Waals surface area contributed by atoms with Crippen molar-refractivity contribution in [3.63, 3.8) is 0 Å². The lowest BCUT2D eigenvalue weighted by Crippen LogP contribution is -2.49. The summed E-state index contributed by atoms with van der Waals surface area (Å²) < 4.78 is 0. The van der Waals surface area contributed by atoms with E-state index in [1.54, 1.807) is 21.9 Å². The van der Waals surface area contributed by atoms with Crippen LogP contribution in [-0.4, -0.2) is 65.8 Å². The van der Waals surface area contributed by atoms with Crippen LogP contribution in [0, 0.1) is 10.1 Å². The second kappa shape index (κ2) is 10.3. The summed E-state index contributed by atoms with van der Waals surface area (Å²) in [6.07, 6.45) is 1.26. The predicted molar refractivity (Wildman–Crippen MR) is 109 cm³/mol. The van der Waals surface area contributed by atoms with Crippen molar-refractivity contribution in [2.45, 2.75) is 33.1 Å². The second-order valence-electron chi connectivity index (χ2n) is 6.68. The van der Waals surface area contributed by atoms with Gasteiger partial charge >= 0.3 is 0 Å². The molecular weight excluding hydrogens is 384 g/mol. The molecule has 0 aliphatic carbocycles. The van der Waals surface area contributed by atoms with Crippen LogP contribution in [0.4, 0.5) is 11.4 Å². The lowest BCUT2D eigenvalue weighted by atomic mass is 10.1. The third-order valence-corrected chi connectivity index (χ3v) is 5.24. The Labute approximate surface area is 170 Å². The summed E-state index contributed by atoms with van der Waals surface area (Å²) in [5.74, 6) is 0.107. The summed E-state index contributed by atoms with van der Waals surface area (Å²) in [7, 11) is 0. The van der Waals surface area contributed by atoms with Crippen LogP contribution in [-0.2, 0) is 9.59 Å². The van der Waals surface area contributed by atoms with Crippen molar-refractivity contribution in [1.82, 2.24) is 9.80 Å². The van der Waals surface area contributed by atoms with Gasteiger partial charge < -0.3 is 14.7 Å². The Morgan fingerprint density at radius 3 is 2.36 bits per heavy atom. The fourth-order valence-electron chi connectivity index (χ4n) is 3.39. The number of hydrogen-bond acceptors (Lipinski definition) is 5. The van der Waals surface area contributed by atoms with Crippen molar-refractivity contribution in [3.05, 3.63) is 33.3 Å². The Morgan fingerprint density at radius 2 is 1.79 bits per heavy atom. The first-order chi connectivity index (χ1) is 13.4. The average molecular weight is 411 g/mol. The predicted octanol–water partition coefficient (Wildman–Crippen LogP) is 2.94. The van der Waals surface area contributed by atoms with Crippen LogP contribution in [0.3, 0.4) is 0 Å². The number of nitro benzene ring substituents is 1. The molecule has 2 amide bonds. The van der Waals surface area contributed by atoms with Gasteiger partial charge in [-0.25, -0.2) is 0 Å². The molecule has 28 heavy (non-hydrogen) atoms. The zero-order chi connectivity index (χ0) is 20.7. The summed E-state index contributed by atoms with van der Waals surface area (Å²) in [4.78, 5) is 40.7. The molecule has 1 aliphatic rings. The van der Waals surface area contributed by atoms with Crippen molar-refractivity contribution in [2.75, 3.05) is 44.2 Å². The number of piperazine rings is 1. The highest BCUT2D eigenvalue weighted by Gasteiger charge is 2.26. The normalized spacial score (nSPS) is 14.1. The summed E-state index contributed by atoms with van der Waals surface area (Å²) in [5, 5.41) is 11.6. The van der Waals surface area contributed by atoms with E-state index in [0.717, 1.165) is 0 Å². The lowest BCUT2D eigenvalue weighted by molar-refractivity contribution is -0.384. The Bertz CT molecular complexity index is 716. The monoisotopic (exact) mass is 410 g/mol. The molecule has 0 radical (unpaired) electrons. The lowest BCUT2D eigenvalue weighted by Gasteiger charge is -2.36. The molecule has 1 heterocycles. The molecule has 1 aromatic rings. The van der Waals surface area contributed by atoms with E-state index >= 15 is 0 Å². The highest BCUT2D eigenvalue weighted by molar-refractivity contribution is 6.30. The molecule has 154 valence electrons. The highest BCUT2D eigenvalue weighted by atomic mass is 35.5. The zero-order valence-electron chi connectivity index (χ0n) is 16.4. The molecule has 1 saturated heterocycles. The van der Waals surface area contributed by atoms with Crippen molar-refractivity contribution >= 4 is 34.8 Å². The van der Waals surface area contributed by atoms with Crippen molar-refractivity contribution < 1.29 is 14.5 Å². The third kappa shape index (κ3) is 5.58. The van der Waals surface area contributed by atoms with Gasteiger partial charge in [0.15, 0.2) is 0 Å². The van der Waals surface area contributed by atoms with E-state index in [2.05, 4.69) is 0 Å². The molecule has 0 saturated carbocycles. The number of rotatable bonds is 8. The van der Waals surface area contributed by atoms with Crippen LogP contribution in [0.25, 0.3) is 0 Å². The quantitative estimate of drug-likeness (QED) is 0.485. The summed E-state index contributed by atoms with van der Waals surface area (Å²) in [6, 6.07) is 4.63. The maximum atomic E-state index is 12.4. The van der Waals surface area contributed by atoms with Gasteiger partial charge in [-0.2, -0.15) is 0 Å². The molecule has 1 aliphatic heterocycles. The number of anilines is 1. The van der Waals surface area contributed by atoms with Crippen LogP contribution >= 0.6 is 11.6 Å². The summed E-state index contributed by atoms with van der Waals surface area (Å²) >= 11 is 5.87. The van der Waals surface area contributed by atoms with Gasteiger partial charge in [0.2, 0.25) is 11.8 Å².